The highest BCUT2D eigenvalue weighted by molar-refractivity contribution is 7.94. The highest BCUT2D eigenvalue weighted by Crippen LogP contribution is 2.22. The number of carboxylic acids is 2. The van der Waals surface area contributed by atoms with E-state index in [9.17, 15) is 14.7 Å². The molecule has 16 heavy (non-hydrogen) atoms. The Morgan fingerprint density at radius 3 is 2.38 bits per heavy atom. The van der Waals surface area contributed by atoms with Gasteiger partial charge in [-0.1, -0.05) is 5.04 Å². The molecule has 0 saturated carbocycles. The minimum atomic E-state index is -1.52. The third kappa shape index (κ3) is 3.21. The summed E-state index contributed by atoms with van der Waals surface area (Å²) in [5, 5.41) is 30.5. The van der Waals surface area contributed by atoms with E-state index in [4.69, 9.17) is 10.4 Å². The number of carboxylic acid groups (broad SMARTS) is 2. The van der Waals surface area contributed by atoms with Crippen molar-refractivity contribution in [2.24, 2.45) is 0 Å². The predicted octanol–water partition coefficient (Wildman–Crippen LogP) is 0.177. The van der Waals surface area contributed by atoms with Crippen LogP contribution in [-0.2, 0) is 9.37 Å². The van der Waals surface area contributed by atoms with Crippen LogP contribution in [0.15, 0.2) is 23.1 Å². The van der Waals surface area contributed by atoms with Gasteiger partial charge in [0.2, 0.25) is 0 Å². The molecule has 0 spiro atoms. The Hall–Kier alpha value is -1.61. The molecule has 7 nitrogen and oxygen atoms in total. The summed E-state index contributed by atoms with van der Waals surface area (Å²) in [6.45, 7) is 0. The highest BCUT2D eigenvalue weighted by Gasteiger charge is 2.09. The predicted molar refractivity (Wildman–Crippen MR) is 48.4 cm³/mol. The topological polar surface area (TPSA) is 116 Å². The van der Waals surface area contributed by atoms with E-state index in [0.717, 1.165) is 18.2 Å². The molecule has 1 aromatic carbocycles. The lowest BCUT2D eigenvalue weighted by atomic mass is 10.1. The van der Waals surface area contributed by atoms with Gasteiger partial charge in [-0.05, 0) is 23.8 Å². The number of aromatic carboxylic acids is 2. The minimum Gasteiger partial charge on any atom is -0.545 e. The fourth-order valence-electron chi connectivity index (χ4n) is 0.943. The molecule has 0 heterocycles. The molecular formula is C8H5O7S-. The molecule has 0 bridgehead atoms. The van der Waals surface area contributed by atoms with Crippen molar-refractivity contribution in [2.75, 3.05) is 0 Å². The highest BCUT2D eigenvalue weighted by atomic mass is 32.2. The van der Waals surface area contributed by atoms with Crippen LogP contribution in [0.3, 0.4) is 0 Å². The number of carbonyl (C=O) groups is 2. The molecule has 0 aromatic heterocycles. The number of hydrogen-bond acceptors (Lipinski definition) is 7. The van der Waals surface area contributed by atoms with Crippen molar-refractivity contribution in [2.45, 2.75) is 4.90 Å². The van der Waals surface area contributed by atoms with Crippen LogP contribution in [0.5, 0.6) is 0 Å². The summed E-state index contributed by atoms with van der Waals surface area (Å²) in [6.07, 6.45) is 0. The van der Waals surface area contributed by atoms with Crippen molar-refractivity contribution in [1.29, 1.82) is 0 Å². The second-order valence-electron chi connectivity index (χ2n) is 2.56. The Kier molecular flexibility index (Phi) is 4.26. The Morgan fingerprint density at radius 2 is 1.88 bits per heavy atom. The second-order valence-corrected chi connectivity index (χ2v) is 3.34. The van der Waals surface area contributed by atoms with Crippen LogP contribution in [0.1, 0.15) is 20.7 Å². The summed E-state index contributed by atoms with van der Waals surface area (Å²) in [4.78, 5) is 21.4. The lowest BCUT2D eigenvalue weighted by Crippen LogP contribution is -2.22. The van der Waals surface area contributed by atoms with E-state index in [1.54, 1.807) is 0 Å². The van der Waals surface area contributed by atoms with Gasteiger partial charge in [0.25, 0.3) is 0 Å². The van der Waals surface area contributed by atoms with Crippen molar-refractivity contribution in [1.82, 2.24) is 0 Å². The zero-order valence-corrected chi connectivity index (χ0v) is 8.39. The molecule has 0 saturated heterocycles. The molecule has 8 heteroatoms. The molecule has 1 aromatic rings. The van der Waals surface area contributed by atoms with Gasteiger partial charge in [-0.2, -0.15) is 0 Å². The number of benzene rings is 1. The Morgan fingerprint density at radius 1 is 1.25 bits per heavy atom. The van der Waals surface area contributed by atoms with Crippen molar-refractivity contribution < 1.29 is 34.4 Å². The van der Waals surface area contributed by atoms with Crippen molar-refractivity contribution in [3.8, 4) is 0 Å². The zero-order valence-electron chi connectivity index (χ0n) is 7.58. The first kappa shape index (κ1) is 12.5. The molecule has 86 valence electrons. The van der Waals surface area contributed by atoms with Gasteiger partial charge in [-0.3, -0.25) is 0 Å². The van der Waals surface area contributed by atoms with Gasteiger partial charge in [0.15, 0.2) is 0 Å². The van der Waals surface area contributed by atoms with Gasteiger partial charge in [-0.15, -0.1) is 4.33 Å². The minimum absolute atomic E-state index is 0.133. The van der Waals surface area contributed by atoms with E-state index >= 15 is 0 Å². The normalized spacial score (nSPS) is 10.1. The summed E-state index contributed by atoms with van der Waals surface area (Å²) < 4.78 is 4.05. The van der Waals surface area contributed by atoms with Gasteiger partial charge in [0, 0.05) is 4.90 Å². The fraction of sp³-hybridized carbons (Fsp3) is 0. The molecule has 1 rings (SSSR count). The molecule has 0 amide bonds. The standard InChI is InChI=1S/C8H6O7S/c9-7(10)4-1-5(8(11)12)3-6(2-4)16-15-14-13/h1-3,13H,(H,9,10)(H,11,12)/p-1. The van der Waals surface area contributed by atoms with Crippen LogP contribution in [-0.4, -0.2) is 22.3 Å². The van der Waals surface area contributed by atoms with Crippen LogP contribution in [0.2, 0.25) is 0 Å². The van der Waals surface area contributed by atoms with Crippen molar-refractivity contribution >= 4 is 24.0 Å². The maximum absolute atomic E-state index is 10.7. The van der Waals surface area contributed by atoms with E-state index in [0.29, 0.717) is 12.0 Å². The molecule has 0 unspecified atom stereocenters. The quantitative estimate of drug-likeness (QED) is 0.428. The Labute approximate surface area is 93.3 Å². The Balaban J connectivity index is 3.08. The summed E-state index contributed by atoms with van der Waals surface area (Å²) in [5.41, 5.74) is -0.560. The summed E-state index contributed by atoms with van der Waals surface area (Å²) in [6, 6.07) is 3.21. The van der Waals surface area contributed by atoms with Gasteiger partial charge in [0.1, 0.15) is 0 Å². The van der Waals surface area contributed by atoms with Crippen LogP contribution in [0.25, 0.3) is 0 Å². The van der Waals surface area contributed by atoms with E-state index < -0.39 is 11.9 Å². The van der Waals surface area contributed by atoms with Crippen molar-refractivity contribution in [3.63, 3.8) is 0 Å². The molecule has 2 N–H and O–H groups in total. The second kappa shape index (κ2) is 5.47. The average Bonchev–Trinajstić information content (AvgIpc) is 2.25. The number of rotatable bonds is 5. The zero-order chi connectivity index (χ0) is 12.1. The lowest BCUT2D eigenvalue weighted by Gasteiger charge is -2.06. The maximum Gasteiger partial charge on any atom is 0.335 e. The van der Waals surface area contributed by atoms with Crippen LogP contribution in [0, 0.1) is 0 Å². The van der Waals surface area contributed by atoms with E-state index in [1.165, 1.54) is 0 Å². The van der Waals surface area contributed by atoms with Crippen LogP contribution < -0.4 is 5.11 Å². The van der Waals surface area contributed by atoms with Crippen LogP contribution >= 0.6 is 12.0 Å². The smallest absolute Gasteiger partial charge is 0.335 e. The SMILES string of the molecule is O=C([O-])c1cc(SOOO)cc(C(=O)O)c1. The number of hydrogen-bond donors (Lipinski definition) is 2. The van der Waals surface area contributed by atoms with Gasteiger partial charge < -0.3 is 15.0 Å². The molecule has 0 atom stereocenters. The first-order valence-electron chi connectivity index (χ1n) is 3.79. The maximum atomic E-state index is 10.7. The number of carbonyl (C=O) groups excluding carboxylic acids is 1. The third-order valence-electron chi connectivity index (χ3n) is 1.55. The monoisotopic (exact) mass is 245 g/mol. The fourth-order valence-corrected chi connectivity index (χ4v) is 1.40. The molecule has 0 aliphatic rings. The average molecular weight is 245 g/mol. The molecule has 0 aliphatic heterocycles. The first-order chi connectivity index (χ1) is 7.54. The van der Waals surface area contributed by atoms with Gasteiger partial charge >= 0.3 is 5.97 Å². The first-order valence-corrected chi connectivity index (χ1v) is 4.53. The largest absolute Gasteiger partial charge is 0.545 e. The lowest BCUT2D eigenvalue weighted by molar-refractivity contribution is -0.432. The third-order valence-corrected chi connectivity index (χ3v) is 2.11. The van der Waals surface area contributed by atoms with E-state index in [1.807, 2.05) is 0 Å². The summed E-state index contributed by atoms with van der Waals surface area (Å²) in [5.74, 6) is -2.82. The van der Waals surface area contributed by atoms with Gasteiger partial charge in [-0.25, -0.2) is 10.1 Å². The summed E-state index contributed by atoms with van der Waals surface area (Å²) in [7, 11) is 0. The Bertz CT molecular complexity index is 385. The van der Waals surface area contributed by atoms with E-state index in [2.05, 4.69) is 9.37 Å². The van der Waals surface area contributed by atoms with Crippen molar-refractivity contribution in [3.05, 3.63) is 29.3 Å². The molecule has 0 radical (unpaired) electrons. The molecular weight excluding hydrogens is 240 g/mol. The summed E-state index contributed by atoms with van der Waals surface area (Å²) >= 11 is 0.457. The molecule has 0 aliphatic carbocycles. The van der Waals surface area contributed by atoms with Gasteiger partial charge in [0.05, 0.1) is 23.6 Å². The molecule has 0 fully saturated rings. The van der Waals surface area contributed by atoms with E-state index in [-0.39, 0.29) is 16.0 Å². The van der Waals surface area contributed by atoms with Crippen LogP contribution in [0.4, 0.5) is 0 Å².